The van der Waals surface area contributed by atoms with Gasteiger partial charge in [-0.1, -0.05) is 24.3 Å². The van der Waals surface area contributed by atoms with E-state index in [1.807, 2.05) is 23.6 Å². The molecule has 19 heavy (non-hydrogen) atoms. The van der Waals surface area contributed by atoms with E-state index in [0.29, 0.717) is 0 Å². The molecular formula is C15H10INOS. The molecular weight excluding hydrogens is 369 g/mol. The van der Waals surface area contributed by atoms with E-state index in [2.05, 4.69) is 51.8 Å². The lowest BCUT2D eigenvalue weighted by atomic mass is 10.2. The molecule has 0 aliphatic carbocycles. The molecule has 0 saturated carbocycles. The summed E-state index contributed by atoms with van der Waals surface area (Å²) in [6.07, 6.45) is 0. The van der Waals surface area contributed by atoms with Crippen LogP contribution in [0.25, 0.3) is 21.8 Å². The fraction of sp³-hybridized carbons (Fsp3) is 0. The second-order valence-electron chi connectivity index (χ2n) is 4.06. The Morgan fingerprint density at radius 2 is 1.74 bits per heavy atom. The number of para-hydroxylation sites is 1. The summed E-state index contributed by atoms with van der Waals surface area (Å²) in [5, 5.41) is 12.7. The van der Waals surface area contributed by atoms with E-state index in [0.717, 1.165) is 21.8 Å². The molecule has 1 heterocycles. The summed E-state index contributed by atoms with van der Waals surface area (Å²) in [6, 6.07) is 15.5. The van der Waals surface area contributed by atoms with Gasteiger partial charge in [-0.15, -0.1) is 11.3 Å². The van der Waals surface area contributed by atoms with Gasteiger partial charge < -0.3 is 5.11 Å². The number of aromatic hydroxyl groups is 1. The van der Waals surface area contributed by atoms with Crippen molar-refractivity contribution in [2.24, 2.45) is 0 Å². The second kappa shape index (κ2) is 5.30. The molecule has 0 spiro atoms. The van der Waals surface area contributed by atoms with E-state index in [-0.39, 0.29) is 5.75 Å². The van der Waals surface area contributed by atoms with Crippen LogP contribution in [-0.2, 0) is 0 Å². The lowest BCUT2D eigenvalue weighted by molar-refractivity contribution is 0.477. The highest BCUT2D eigenvalue weighted by atomic mass is 127. The normalized spacial score (nSPS) is 10.6. The molecule has 0 fully saturated rings. The quantitative estimate of drug-likeness (QED) is 0.650. The number of nitrogens with zero attached hydrogens (tertiary/aromatic N) is 1. The van der Waals surface area contributed by atoms with Crippen LogP contribution >= 0.6 is 33.9 Å². The van der Waals surface area contributed by atoms with Crippen LogP contribution in [0, 0.1) is 3.57 Å². The number of hydrogen-bond donors (Lipinski definition) is 1. The summed E-state index contributed by atoms with van der Waals surface area (Å²) in [5.41, 5.74) is 2.82. The van der Waals surface area contributed by atoms with Gasteiger partial charge in [0.2, 0.25) is 0 Å². The number of phenolic OH excluding ortho intramolecular Hbond substituents is 1. The van der Waals surface area contributed by atoms with Gasteiger partial charge in [0, 0.05) is 14.5 Å². The first-order valence-corrected chi connectivity index (χ1v) is 7.70. The summed E-state index contributed by atoms with van der Waals surface area (Å²) >= 11 is 3.83. The smallest absolute Gasteiger partial charge is 0.127 e. The van der Waals surface area contributed by atoms with Gasteiger partial charge in [-0.25, -0.2) is 4.98 Å². The minimum atomic E-state index is 0.269. The van der Waals surface area contributed by atoms with Gasteiger partial charge in [0.05, 0.1) is 11.3 Å². The highest BCUT2D eigenvalue weighted by Gasteiger charge is 2.09. The minimum absolute atomic E-state index is 0.269. The van der Waals surface area contributed by atoms with E-state index in [1.54, 1.807) is 17.4 Å². The van der Waals surface area contributed by atoms with Crippen LogP contribution in [0.5, 0.6) is 5.75 Å². The molecule has 0 aliphatic heterocycles. The molecule has 3 rings (SSSR count). The van der Waals surface area contributed by atoms with Crippen LogP contribution in [-0.4, -0.2) is 10.1 Å². The molecule has 2 aromatic carbocycles. The molecule has 94 valence electrons. The van der Waals surface area contributed by atoms with Crippen molar-refractivity contribution < 1.29 is 5.11 Å². The first kappa shape index (κ1) is 12.6. The maximum Gasteiger partial charge on any atom is 0.127 e. The largest absolute Gasteiger partial charge is 0.507 e. The van der Waals surface area contributed by atoms with E-state index in [4.69, 9.17) is 0 Å². The van der Waals surface area contributed by atoms with Crippen LogP contribution < -0.4 is 0 Å². The van der Waals surface area contributed by atoms with Gasteiger partial charge in [-0.05, 0) is 46.9 Å². The summed E-state index contributed by atoms with van der Waals surface area (Å²) in [4.78, 5) is 4.60. The third-order valence-electron chi connectivity index (χ3n) is 2.78. The Balaban J connectivity index is 2.00. The van der Waals surface area contributed by atoms with Crippen LogP contribution in [0.2, 0.25) is 0 Å². The van der Waals surface area contributed by atoms with E-state index < -0.39 is 0 Å². The van der Waals surface area contributed by atoms with Crippen LogP contribution in [0.3, 0.4) is 0 Å². The molecule has 4 heteroatoms. The van der Waals surface area contributed by atoms with Crippen molar-refractivity contribution in [3.05, 3.63) is 57.5 Å². The zero-order valence-corrected chi connectivity index (χ0v) is 12.9. The Hall–Kier alpha value is -1.40. The highest BCUT2D eigenvalue weighted by Crippen LogP contribution is 2.33. The van der Waals surface area contributed by atoms with E-state index in [9.17, 15) is 5.11 Å². The number of aromatic nitrogens is 1. The van der Waals surface area contributed by atoms with Crippen molar-refractivity contribution in [1.82, 2.24) is 4.98 Å². The van der Waals surface area contributed by atoms with Gasteiger partial charge in [0.1, 0.15) is 10.8 Å². The van der Waals surface area contributed by atoms with Gasteiger partial charge >= 0.3 is 0 Å². The van der Waals surface area contributed by atoms with Crippen molar-refractivity contribution in [2.75, 3.05) is 0 Å². The van der Waals surface area contributed by atoms with Crippen LogP contribution in [0.15, 0.2) is 53.9 Å². The van der Waals surface area contributed by atoms with Gasteiger partial charge in [-0.3, -0.25) is 0 Å². The lowest BCUT2D eigenvalue weighted by Crippen LogP contribution is -1.80. The summed E-state index contributed by atoms with van der Waals surface area (Å²) < 4.78 is 1.21. The molecule has 0 aliphatic rings. The zero-order chi connectivity index (χ0) is 13.2. The van der Waals surface area contributed by atoms with E-state index >= 15 is 0 Å². The van der Waals surface area contributed by atoms with Gasteiger partial charge in [0.15, 0.2) is 0 Å². The molecule has 1 N–H and O–H groups in total. The average molecular weight is 379 g/mol. The molecule has 0 unspecified atom stereocenters. The number of hydrogen-bond acceptors (Lipinski definition) is 3. The molecule has 0 amide bonds. The molecule has 0 bridgehead atoms. The second-order valence-corrected chi connectivity index (χ2v) is 6.17. The van der Waals surface area contributed by atoms with Crippen molar-refractivity contribution in [3.63, 3.8) is 0 Å². The highest BCUT2D eigenvalue weighted by molar-refractivity contribution is 14.1. The molecule has 3 aromatic rings. The fourth-order valence-corrected chi connectivity index (χ4v) is 3.03. The zero-order valence-electron chi connectivity index (χ0n) is 9.88. The number of rotatable bonds is 2. The summed E-state index contributed by atoms with van der Waals surface area (Å²) in [5.74, 6) is 0.269. The monoisotopic (exact) mass is 379 g/mol. The molecule has 0 atom stereocenters. The standard InChI is InChI=1S/C15H10INOS/c16-11-7-5-10(6-8-11)13-9-19-15(17-13)12-3-1-2-4-14(12)18/h1-9,18H. The maximum absolute atomic E-state index is 9.85. The Morgan fingerprint density at radius 1 is 1.00 bits per heavy atom. The van der Waals surface area contributed by atoms with Gasteiger partial charge in [-0.2, -0.15) is 0 Å². The molecule has 0 saturated heterocycles. The Labute approximate surface area is 128 Å². The summed E-state index contributed by atoms with van der Waals surface area (Å²) in [7, 11) is 0. The van der Waals surface area contributed by atoms with E-state index in [1.165, 1.54) is 3.57 Å². The Morgan fingerprint density at radius 3 is 2.47 bits per heavy atom. The Kier molecular flexibility index (Phi) is 3.52. The average Bonchev–Trinajstić information content (AvgIpc) is 2.89. The number of benzene rings is 2. The first-order valence-electron chi connectivity index (χ1n) is 5.74. The topological polar surface area (TPSA) is 33.1 Å². The summed E-state index contributed by atoms with van der Waals surface area (Å²) in [6.45, 7) is 0. The number of thiazole rings is 1. The lowest BCUT2D eigenvalue weighted by Gasteiger charge is -1.99. The Bertz CT molecular complexity index is 706. The van der Waals surface area contributed by atoms with Crippen molar-refractivity contribution in [3.8, 4) is 27.6 Å². The molecule has 1 aromatic heterocycles. The van der Waals surface area contributed by atoms with Crippen molar-refractivity contribution >= 4 is 33.9 Å². The number of halogens is 1. The SMILES string of the molecule is Oc1ccccc1-c1nc(-c2ccc(I)cc2)cs1. The molecule has 2 nitrogen and oxygen atoms in total. The van der Waals surface area contributed by atoms with Crippen molar-refractivity contribution in [1.29, 1.82) is 0 Å². The van der Waals surface area contributed by atoms with Crippen molar-refractivity contribution in [2.45, 2.75) is 0 Å². The minimum Gasteiger partial charge on any atom is -0.507 e. The third kappa shape index (κ3) is 2.64. The first-order chi connectivity index (χ1) is 9.24. The third-order valence-corrected chi connectivity index (χ3v) is 4.37. The predicted molar refractivity (Wildman–Crippen MR) is 87.4 cm³/mol. The predicted octanol–water partition coefficient (Wildman–Crippen LogP) is 4.79. The fourth-order valence-electron chi connectivity index (χ4n) is 1.81. The van der Waals surface area contributed by atoms with Crippen LogP contribution in [0.1, 0.15) is 0 Å². The molecule has 0 radical (unpaired) electrons. The maximum atomic E-state index is 9.85. The van der Waals surface area contributed by atoms with Crippen LogP contribution in [0.4, 0.5) is 0 Å². The number of phenols is 1. The van der Waals surface area contributed by atoms with Gasteiger partial charge in [0.25, 0.3) is 0 Å².